The maximum atomic E-state index is 14.2. The number of rotatable bonds is 5. The third-order valence-corrected chi connectivity index (χ3v) is 9.50. The smallest absolute Gasteiger partial charge is 0.416 e. The Morgan fingerprint density at radius 1 is 1.07 bits per heavy atom. The molecular formula is C27H18F3N3O6S2. The molecule has 1 aliphatic heterocycles. The van der Waals surface area contributed by atoms with E-state index in [1.807, 2.05) is 6.07 Å². The molecule has 2 aliphatic rings. The van der Waals surface area contributed by atoms with Gasteiger partial charge in [0, 0.05) is 23.1 Å². The molecule has 0 spiro atoms. The SMILES string of the molecule is N#Cc1ccc(C2C3=C(CCCC3=O)N(c3cccc(C(F)(F)F)c3)C(=O)N2S(=O)(=O)c2csc(C(=O)O)c2)cc1. The Bertz CT molecular complexity index is 1770. The first-order valence-electron chi connectivity index (χ1n) is 12.0. The van der Waals surface area contributed by atoms with Gasteiger partial charge in [-0.15, -0.1) is 11.3 Å². The second kappa shape index (κ2) is 10.2. The lowest BCUT2D eigenvalue weighted by atomic mass is 9.84. The molecule has 0 fully saturated rings. The highest BCUT2D eigenvalue weighted by Crippen LogP contribution is 2.47. The quantitative estimate of drug-likeness (QED) is 0.395. The summed E-state index contributed by atoms with van der Waals surface area (Å²) in [6.45, 7) is 0. The first-order chi connectivity index (χ1) is 19.3. The summed E-state index contributed by atoms with van der Waals surface area (Å²) >= 11 is 0.607. The largest absolute Gasteiger partial charge is 0.477 e. The highest BCUT2D eigenvalue weighted by Gasteiger charge is 2.50. The van der Waals surface area contributed by atoms with Gasteiger partial charge in [0.25, 0.3) is 10.0 Å². The minimum Gasteiger partial charge on any atom is -0.477 e. The van der Waals surface area contributed by atoms with Gasteiger partial charge in [0.05, 0.1) is 27.8 Å². The van der Waals surface area contributed by atoms with Crippen molar-refractivity contribution in [2.75, 3.05) is 4.90 Å². The van der Waals surface area contributed by atoms with E-state index in [9.17, 15) is 46.3 Å². The van der Waals surface area contributed by atoms with E-state index in [1.54, 1.807) is 0 Å². The van der Waals surface area contributed by atoms with E-state index >= 15 is 0 Å². The van der Waals surface area contributed by atoms with Gasteiger partial charge >= 0.3 is 18.2 Å². The third kappa shape index (κ3) is 4.87. The molecule has 1 N–H and O–H groups in total. The summed E-state index contributed by atoms with van der Waals surface area (Å²) in [6.07, 6.45) is -4.38. The number of halogens is 3. The highest BCUT2D eigenvalue weighted by molar-refractivity contribution is 7.89. The van der Waals surface area contributed by atoms with Crippen LogP contribution in [0.4, 0.5) is 23.7 Å². The number of amides is 2. The molecule has 3 aromatic rings. The lowest BCUT2D eigenvalue weighted by molar-refractivity contribution is -0.137. The zero-order valence-electron chi connectivity index (χ0n) is 20.8. The molecule has 1 aromatic heterocycles. The fraction of sp³-hybridized carbons (Fsp3) is 0.185. The number of alkyl halides is 3. The molecule has 14 heteroatoms. The minimum absolute atomic E-state index is 0.00569. The van der Waals surface area contributed by atoms with Gasteiger partial charge in [-0.1, -0.05) is 18.2 Å². The molecule has 1 atom stereocenters. The van der Waals surface area contributed by atoms with Gasteiger partial charge in [-0.25, -0.2) is 22.3 Å². The first kappa shape index (κ1) is 28.1. The summed E-state index contributed by atoms with van der Waals surface area (Å²) < 4.78 is 69.3. The Labute approximate surface area is 235 Å². The number of carbonyl (C=O) groups is 3. The molecular weight excluding hydrogens is 583 g/mol. The van der Waals surface area contributed by atoms with Crippen molar-refractivity contribution < 1.29 is 41.1 Å². The van der Waals surface area contributed by atoms with Crippen molar-refractivity contribution in [2.45, 2.75) is 36.4 Å². The number of hydrogen-bond donors (Lipinski definition) is 1. The molecule has 0 bridgehead atoms. The number of carbonyl (C=O) groups excluding carboxylic acids is 2. The fourth-order valence-electron chi connectivity index (χ4n) is 4.88. The summed E-state index contributed by atoms with van der Waals surface area (Å²) in [7, 11) is -4.87. The van der Waals surface area contributed by atoms with Crippen LogP contribution in [0, 0.1) is 11.3 Å². The Hall–Kier alpha value is -4.48. The van der Waals surface area contributed by atoms with Crippen LogP contribution < -0.4 is 4.90 Å². The predicted molar refractivity (Wildman–Crippen MR) is 139 cm³/mol. The van der Waals surface area contributed by atoms with Crippen LogP contribution in [0.3, 0.4) is 0 Å². The molecule has 0 radical (unpaired) electrons. The molecule has 0 saturated heterocycles. The summed E-state index contributed by atoms with van der Waals surface area (Å²) in [6, 6.07) is 9.35. The number of allylic oxidation sites excluding steroid dienone is 1. The molecule has 1 aliphatic carbocycles. The van der Waals surface area contributed by atoms with Gasteiger partial charge in [-0.2, -0.15) is 18.4 Å². The Balaban J connectivity index is 1.79. The van der Waals surface area contributed by atoms with Gasteiger partial charge in [-0.05, 0) is 54.8 Å². The lowest BCUT2D eigenvalue weighted by Crippen LogP contribution is -2.54. The Morgan fingerprint density at radius 2 is 1.78 bits per heavy atom. The van der Waals surface area contributed by atoms with Gasteiger partial charge in [-0.3, -0.25) is 9.69 Å². The number of aromatic carboxylic acids is 1. The molecule has 1 unspecified atom stereocenters. The standard InChI is InChI=1S/C27H18F3N3O6S2/c28-27(29,30)17-3-1-4-18(11-17)32-20-5-2-6-21(34)23(20)24(16-9-7-15(13-31)8-10-16)33(26(32)37)41(38,39)19-12-22(25(35)36)40-14-19/h1,3-4,7-12,14,24H,2,5-6H2,(H,35,36). The van der Waals surface area contributed by atoms with E-state index in [0.29, 0.717) is 21.7 Å². The zero-order valence-corrected chi connectivity index (χ0v) is 22.4. The highest BCUT2D eigenvalue weighted by atomic mass is 32.2. The van der Waals surface area contributed by atoms with Crippen molar-refractivity contribution in [1.82, 2.24) is 4.31 Å². The van der Waals surface area contributed by atoms with Gasteiger partial charge in [0.1, 0.15) is 10.9 Å². The number of Topliss-reactive ketones (excluding diaryl/α,β-unsaturated/α-hetero) is 1. The number of carboxylic acid groups (broad SMARTS) is 1. The maximum absolute atomic E-state index is 14.2. The lowest BCUT2D eigenvalue weighted by Gasteiger charge is -2.44. The van der Waals surface area contributed by atoms with Crippen molar-refractivity contribution >= 4 is 44.8 Å². The molecule has 210 valence electrons. The molecule has 5 rings (SSSR count). The number of carboxylic acids is 1. The number of hydrogen-bond acceptors (Lipinski definition) is 7. The number of ketones is 1. The van der Waals surface area contributed by atoms with Crippen LogP contribution >= 0.6 is 11.3 Å². The van der Waals surface area contributed by atoms with Gasteiger partial charge < -0.3 is 5.11 Å². The van der Waals surface area contributed by atoms with Crippen molar-refractivity contribution in [3.05, 3.63) is 92.8 Å². The molecule has 2 amide bonds. The first-order valence-corrected chi connectivity index (χ1v) is 14.3. The zero-order chi connectivity index (χ0) is 29.7. The van der Waals surface area contributed by atoms with Crippen LogP contribution in [0.2, 0.25) is 0 Å². The van der Waals surface area contributed by atoms with E-state index in [-0.39, 0.29) is 52.2 Å². The fourth-order valence-corrected chi connectivity index (χ4v) is 7.48. The molecule has 2 aromatic carbocycles. The number of sulfonamides is 1. The van der Waals surface area contributed by atoms with Crippen molar-refractivity contribution in [3.63, 3.8) is 0 Å². The van der Waals surface area contributed by atoms with Crippen LogP contribution in [-0.2, 0) is 21.0 Å². The second-order valence-electron chi connectivity index (χ2n) is 9.19. The van der Waals surface area contributed by atoms with Gasteiger partial charge in [0.15, 0.2) is 5.78 Å². The number of nitriles is 1. The molecule has 0 saturated carbocycles. The average molecular weight is 602 g/mol. The van der Waals surface area contributed by atoms with Crippen LogP contribution in [0.25, 0.3) is 0 Å². The van der Waals surface area contributed by atoms with Crippen LogP contribution in [0.1, 0.15) is 51.7 Å². The number of anilines is 1. The summed E-state index contributed by atoms with van der Waals surface area (Å²) in [5.74, 6) is -1.90. The Kier molecular flexibility index (Phi) is 6.96. The predicted octanol–water partition coefficient (Wildman–Crippen LogP) is 5.72. The van der Waals surface area contributed by atoms with Crippen LogP contribution in [0.5, 0.6) is 0 Å². The maximum Gasteiger partial charge on any atom is 0.416 e. The minimum atomic E-state index is -4.87. The number of urea groups is 1. The van der Waals surface area contributed by atoms with Crippen molar-refractivity contribution in [3.8, 4) is 6.07 Å². The van der Waals surface area contributed by atoms with E-state index in [2.05, 4.69) is 0 Å². The van der Waals surface area contributed by atoms with Crippen LogP contribution in [0.15, 0.2) is 76.1 Å². The average Bonchev–Trinajstić information content (AvgIpc) is 3.44. The normalized spacial score (nSPS) is 17.9. The topological polar surface area (TPSA) is 136 Å². The number of nitrogens with zero attached hydrogens (tertiary/aromatic N) is 3. The van der Waals surface area contributed by atoms with E-state index < -0.39 is 50.5 Å². The molecule has 41 heavy (non-hydrogen) atoms. The van der Waals surface area contributed by atoms with Gasteiger partial charge in [0.2, 0.25) is 0 Å². The van der Waals surface area contributed by atoms with E-state index in [1.165, 1.54) is 30.3 Å². The Morgan fingerprint density at radius 3 is 2.39 bits per heavy atom. The molecule has 2 heterocycles. The van der Waals surface area contributed by atoms with Crippen LogP contribution in [-0.4, -0.2) is 35.6 Å². The van der Waals surface area contributed by atoms with Crippen molar-refractivity contribution in [1.29, 1.82) is 5.26 Å². The summed E-state index contributed by atoms with van der Waals surface area (Å²) in [4.78, 5) is 39.0. The number of thiophene rings is 1. The monoisotopic (exact) mass is 601 g/mol. The number of benzene rings is 2. The van der Waals surface area contributed by atoms with E-state index in [0.717, 1.165) is 28.5 Å². The molecule has 9 nitrogen and oxygen atoms in total. The second-order valence-corrected chi connectivity index (χ2v) is 11.9. The third-order valence-electron chi connectivity index (χ3n) is 6.72. The summed E-state index contributed by atoms with van der Waals surface area (Å²) in [5.41, 5.74) is -0.995. The van der Waals surface area contributed by atoms with Crippen molar-refractivity contribution in [2.24, 2.45) is 0 Å². The summed E-state index contributed by atoms with van der Waals surface area (Å²) in [5, 5.41) is 19.6. The van der Waals surface area contributed by atoms with E-state index in [4.69, 9.17) is 0 Å².